The molecule has 0 unspecified atom stereocenters. The minimum atomic E-state index is -1.49. The van der Waals surface area contributed by atoms with Crippen molar-refractivity contribution in [2.45, 2.75) is 10.2 Å². The van der Waals surface area contributed by atoms with E-state index >= 15 is 0 Å². The van der Waals surface area contributed by atoms with Gasteiger partial charge in [-0.05, 0) is 0 Å². The lowest BCUT2D eigenvalue weighted by Crippen LogP contribution is -2.10. The summed E-state index contributed by atoms with van der Waals surface area (Å²) < 4.78 is -1.49. The Morgan fingerprint density at radius 3 is 2.00 bits per heavy atom. The molecule has 0 aliphatic heterocycles. The van der Waals surface area contributed by atoms with Crippen LogP contribution in [0.25, 0.3) is 0 Å². The third-order valence-electron chi connectivity index (χ3n) is 0.578. The smallest absolute Gasteiger partial charge is 0.208 e. The van der Waals surface area contributed by atoms with Crippen molar-refractivity contribution in [3.8, 4) is 0 Å². The zero-order valence-corrected chi connectivity index (χ0v) is 6.58. The molecule has 0 saturated carbocycles. The molecule has 0 aromatic rings. The van der Waals surface area contributed by atoms with Gasteiger partial charge in [0.1, 0.15) is 0 Å². The maximum absolute atomic E-state index is 9.68. The SMILES string of the molecule is O=[N+]([O-])CCC(Cl)(Cl)Cl. The van der Waals surface area contributed by atoms with Crippen molar-refractivity contribution in [3.63, 3.8) is 0 Å². The van der Waals surface area contributed by atoms with Gasteiger partial charge in [0.15, 0.2) is 3.79 Å². The molecule has 0 atom stereocenters. The fourth-order valence-electron chi connectivity index (χ4n) is 0.218. The number of nitrogens with zero attached hydrogens (tertiary/aromatic N) is 1. The molecule has 0 rings (SSSR count). The number of hydrogen-bond donors (Lipinski definition) is 0. The van der Waals surface area contributed by atoms with Gasteiger partial charge in [-0.1, -0.05) is 34.8 Å². The van der Waals surface area contributed by atoms with Gasteiger partial charge in [0, 0.05) is 4.92 Å². The first-order valence-electron chi connectivity index (χ1n) is 2.10. The van der Waals surface area contributed by atoms with Gasteiger partial charge < -0.3 is 0 Å². The standard InChI is InChI=1S/C3H4Cl3NO2/c4-3(5,6)1-2-7(8)9/h1-2H2. The molecule has 6 heteroatoms. The highest BCUT2D eigenvalue weighted by molar-refractivity contribution is 6.67. The second-order valence-corrected chi connectivity index (χ2v) is 3.94. The zero-order chi connectivity index (χ0) is 7.49. The Hall–Kier alpha value is 0.270. The largest absolute Gasteiger partial charge is 0.265 e. The Morgan fingerprint density at radius 1 is 1.44 bits per heavy atom. The highest BCUT2D eigenvalue weighted by Gasteiger charge is 2.21. The van der Waals surface area contributed by atoms with E-state index in [-0.39, 0.29) is 13.0 Å². The average molecular weight is 192 g/mol. The van der Waals surface area contributed by atoms with Crippen LogP contribution in [0.15, 0.2) is 0 Å². The highest BCUT2D eigenvalue weighted by Crippen LogP contribution is 2.29. The lowest BCUT2D eigenvalue weighted by Gasteiger charge is -2.04. The second kappa shape index (κ2) is 3.44. The molecule has 3 nitrogen and oxygen atoms in total. The summed E-state index contributed by atoms with van der Waals surface area (Å²) in [5, 5.41) is 9.68. The van der Waals surface area contributed by atoms with E-state index in [1.807, 2.05) is 0 Å². The molecule has 9 heavy (non-hydrogen) atoms. The van der Waals surface area contributed by atoms with Crippen LogP contribution in [0.5, 0.6) is 0 Å². The van der Waals surface area contributed by atoms with Crippen molar-refractivity contribution in [1.82, 2.24) is 0 Å². The fraction of sp³-hybridized carbons (Fsp3) is 1.00. The molecule has 0 radical (unpaired) electrons. The van der Waals surface area contributed by atoms with Gasteiger partial charge in [-0.2, -0.15) is 0 Å². The van der Waals surface area contributed by atoms with Gasteiger partial charge in [-0.15, -0.1) is 0 Å². The molecule has 0 bridgehead atoms. The van der Waals surface area contributed by atoms with Gasteiger partial charge >= 0.3 is 0 Å². The first-order valence-corrected chi connectivity index (χ1v) is 3.24. The van der Waals surface area contributed by atoms with Crippen LogP contribution in [0.2, 0.25) is 0 Å². The van der Waals surface area contributed by atoms with Crippen molar-refractivity contribution in [1.29, 1.82) is 0 Å². The van der Waals surface area contributed by atoms with Crippen LogP contribution in [0.3, 0.4) is 0 Å². The Morgan fingerprint density at radius 2 is 1.89 bits per heavy atom. The Labute approximate surface area is 67.0 Å². The van der Waals surface area contributed by atoms with E-state index in [0.717, 1.165) is 0 Å². The summed E-state index contributed by atoms with van der Waals surface area (Å²) in [5.41, 5.74) is 0. The van der Waals surface area contributed by atoms with E-state index in [4.69, 9.17) is 34.8 Å². The first kappa shape index (κ1) is 9.27. The van der Waals surface area contributed by atoms with E-state index in [2.05, 4.69) is 0 Å². The van der Waals surface area contributed by atoms with E-state index in [0.29, 0.717) is 0 Å². The molecule has 0 amide bonds. The normalized spacial score (nSPS) is 11.4. The van der Waals surface area contributed by atoms with Gasteiger partial charge in [-0.3, -0.25) is 10.1 Å². The second-order valence-electron chi connectivity index (χ2n) is 1.42. The summed E-state index contributed by atoms with van der Waals surface area (Å²) in [7, 11) is 0. The molecule has 0 aromatic carbocycles. The van der Waals surface area contributed by atoms with Gasteiger partial charge in [-0.25, -0.2) is 0 Å². The van der Waals surface area contributed by atoms with Crippen molar-refractivity contribution >= 4 is 34.8 Å². The van der Waals surface area contributed by atoms with Crippen molar-refractivity contribution in [2.75, 3.05) is 6.54 Å². The van der Waals surface area contributed by atoms with Crippen LogP contribution in [0.4, 0.5) is 0 Å². The molecule has 0 aliphatic rings. The molecule has 0 N–H and O–H groups in total. The maximum atomic E-state index is 9.68. The highest BCUT2D eigenvalue weighted by atomic mass is 35.6. The summed E-state index contributed by atoms with van der Waals surface area (Å²) in [6.45, 7) is -0.309. The minimum absolute atomic E-state index is 0.0509. The number of rotatable bonds is 2. The minimum Gasteiger partial charge on any atom is -0.265 e. The molecule has 0 spiro atoms. The topological polar surface area (TPSA) is 43.1 Å². The van der Waals surface area contributed by atoms with E-state index in [1.165, 1.54) is 0 Å². The monoisotopic (exact) mass is 191 g/mol. The van der Waals surface area contributed by atoms with Crippen LogP contribution in [0, 0.1) is 10.1 Å². The molecule has 0 aromatic heterocycles. The average Bonchev–Trinajstić information content (AvgIpc) is 1.59. The summed E-state index contributed by atoms with van der Waals surface area (Å²) in [4.78, 5) is 9.15. The predicted octanol–water partition coefficient (Wildman–Crippen LogP) is 2.02. The number of halogens is 3. The molecule has 0 aliphatic carbocycles. The third-order valence-corrected chi connectivity index (χ3v) is 1.14. The fourth-order valence-corrected chi connectivity index (χ4v) is 0.472. The van der Waals surface area contributed by atoms with Crippen LogP contribution in [-0.4, -0.2) is 15.3 Å². The zero-order valence-electron chi connectivity index (χ0n) is 4.31. The predicted molar refractivity (Wildman–Crippen MR) is 36.8 cm³/mol. The van der Waals surface area contributed by atoms with Crippen molar-refractivity contribution < 1.29 is 4.92 Å². The molecule has 0 fully saturated rings. The van der Waals surface area contributed by atoms with Gasteiger partial charge in [0.05, 0.1) is 6.42 Å². The lowest BCUT2D eigenvalue weighted by atomic mass is 10.5. The Kier molecular flexibility index (Phi) is 3.54. The van der Waals surface area contributed by atoms with Crippen LogP contribution in [0.1, 0.15) is 6.42 Å². The summed E-state index contributed by atoms with van der Waals surface area (Å²) >= 11 is 15.6. The Balaban J connectivity index is 3.39. The summed E-state index contributed by atoms with van der Waals surface area (Å²) in [6, 6.07) is 0. The Bertz CT molecular complexity index is 110. The third kappa shape index (κ3) is 8.27. The van der Waals surface area contributed by atoms with Crippen LogP contribution in [-0.2, 0) is 0 Å². The van der Waals surface area contributed by atoms with Gasteiger partial charge in [0.25, 0.3) is 0 Å². The summed E-state index contributed by atoms with van der Waals surface area (Å²) in [5.74, 6) is 0. The van der Waals surface area contributed by atoms with E-state index < -0.39 is 8.72 Å². The number of nitro groups is 1. The van der Waals surface area contributed by atoms with Crippen molar-refractivity contribution in [3.05, 3.63) is 10.1 Å². The molecular weight excluding hydrogens is 188 g/mol. The number of hydrogen-bond acceptors (Lipinski definition) is 2. The molecule has 54 valence electrons. The number of alkyl halides is 3. The van der Waals surface area contributed by atoms with Crippen LogP contribution >= 0.6 is 34.8 Å². The quantitative estimate of drug-likeness (QED) is 0.382. The lowest BCUT2D eigenvalue weighted by molar-refractivity contribution is -0.480. The molecule has 0 saturated heterocycles. The van der Waals surface area contributed by atoms with E-state index in [1.54, 1.807) is 0 Å². The van der Waals surface area contributed by atoms with E-state index in [9.17, 15) is 10.1 Å². The first-order chi connectivity index (χ1) is 3.92. The van der Waals surface area contributed by atoms with Gasteiger partial charge in [0.2, 0.25) is 6.54 Å². The maximum Gasteiger partial charge on any atom is 0.208 e. The molecular formula is C3H4Cl3NO2. The molecule has 0 heterocycles. The van der Waals surface area contributed by atoms with Crippen molar-refractivity contribution in [2.24, 2.45) is 0 Å². The summed E-state index contributed by atoms with van der Waals surface area (Å²) in [6.07, 6.45) is -0.0509. The van der Waals surface area contributed by atoms with Crippen LogP contribution < -0.4 is 0 Å².